The third kappa shape index (κ3) is 3.55. The molecule has 1 amide bonds. The third-order valence-electron chi connectivity index (χ3n) is 6.41. The van der Waals surface area contributed by atoms with Gasteiger partial charge in [-0.1, -0.05) is 0 Å². The van der Waals surface area contributed by atoms with Crippen molar-refractivity contribution in [1.82, 2.24) is 25.0 Å². The molecule has 1 spiro atoms. The van der Waals surface area contributed by atoms with Gasteiger partial charge in [-0.05, 0) is 69.7 Å². The van der Waals surface area contributed by atoms with Crippen molar-refractivity contribution in [3.8, 4) is 0 Å². The van der Waals surface area contributed by atoms with Gasteiger partial charge in [0, 0.05) is 35.3 Å². The molecule has 4 heterocycles. The minimum Gasteiger partial charge on any atom is -0.347 e. The zero-order valence-electron chi connectivity index (χ0n) is 15.9. The Kier molecular flexibility index (Phi) is 4.31. The van der Waals surface area contributed by atoms with Gasteiger partial charge < -0.3 is 9.88 Å². The van der Waals surface area contributed by atoms with Crippen molar-refractivity contribution in [1.29, 1.82) is 0 Å². The molecule has 2 aromatic heterocycles. The van der Waals surface area contributed by atoms with Crippen molar-refractivity contribution in [2.45, 2.75) is 64.6 Å². The predicted octanol–water partition coefficient (Wildman–Crippen LogP) is 2.77. The lowest BCUT2D eigenvalue weighted by molar-refractivity contribution is 0.0622. The van der Waals surface area contributed by atoms with E-state index in [-0.39, 0.29) is 5.91 Å². The topological polar surface area (TPSA) is 63.1 Å². The van der Waals surface area contributed by atoms with Crippen LogP contribution in [0, 0.1) is 12.3 Å². The molecule has 0 bridgehead atoms. The second-order valence-electron chi connectivity index (χ2n) is 8.56. The highest BCUT2D eigenvalue weighted by atomic mass is 32.1. The van der Waals surface area contributed by atoms with Gasteiger partial charge in [0.2, 0.25) is 5.82 Å². The quantitative estimate of drug-likeness (QED) is 0.879. The van der Waals surface area contributed by atoms with E-state index in [9.17, 15) is 4.79 Å². The number of aryl methyl sites for hydroxylation is 2. The van der Waals surface area contributed by atoms with E-state index in [4.69, 9.17) is 0 Å². The number of thiophene rings is 1. The van der Waals surface area contributed by atoms with Gasteiger partial charge in [-0.2, -0.15) is 0 Å². The second kappa shape index (κ2) is 6.71. The van der Waals surface area contributed by atoms with Crippen molar-refractivity contribution in [3.05, 3.63) is 33.5 Å². The van der Waals surface area contributed by atoms with E-state index in [1.807, 2.05) is 11.3 Å². The number of amides is 1. The molecule has 5 rings (SSSR count). The fourth-order valence-corrected chi connectivity index (χ4v) is 5.44. The summed E-state index contributed by atoms with van der Waals surface area (Å²) in [6, 6.07) is 4.83. The zero-order chi connectivity index (χ0) is 18.4. The lowest BCUT2D eigenvalue weighted by Gasteiger charge is -2.44. The summed E-state index contributed by atoms with van der Waals surface area (Å²) in [5.74, 6) is 1.46. The summed E-state index contributed by atoms with van der Waals surface area (Å²) in [7, 11) is 0. The minimum absolute atomic E-state index is 0.0428. The molecule has 144 valence electrons. The molecule has 27 heavy (non-hydrogen) atoms. The molecule has 0 unspecified atom stereocenters. The normalized spacial score (nSPS) is 22.0. The molecule has 7 heteroatoms. The fraction of sp³-hybridized carbons (Fsp3) is 0.650. The van der Waals surface area contributed by atoms with Gasteiger partial charge in [-0.15, -0.1) is 21.5 Å². The van der Waals surface area contributed by atoms with E-state index in [2.05, 4.69) is 44.0 Å². The number of hydrogen-bond donors (Lipinski definition) is 1. The van der Waals surface area contributed by atoms with Crippen LogP contribution in [0.5, 0.6) is 0 Å². The fourth-order valence-electron chi connectivity index (χ4n) is 4.51. The second-order valence-corrected chi connectivity index (χ2v) is 9.93. The number of likely N-dealkylation sites (tertiary alicyclic amines) is 1. The van der Waals surface area contributed by atoms with Gasteiger partial charge in [0.05, 0.1) is 0 Å². The number of hydrogen-bond acceptors (Lipinski definition) is 5. The first-order valence-electron chi connectivity index (χ1n) is 10.1. The van der Waals surface area contributed by atoms with Crippen LogP contribution >= 0.6 is 11.3 Å². The molecule has 0 aromatic carbocycles. The van der Waals surface area contributed by atoms with Crippen LogP contribution in [0.3, 0.4) is 0 Å². The highest BCUT2D eigenvalue weighted by molar-refractivity contribution is 7.11. The number of fused-ring (bicyclic) bond motifs is 1. The van der Waals surface area contributed by atoms with Crippen molar-refractivity contribution in [2.24, 2.45) is 5.41 Å². The predicted molar refractivity (Wildman–Crippen MR) is 105 cm³/mol. The van der Waals surface area contributed by atoms with Gasteiger partial charge in [-0.3, -0.25) is 9.69 Å². The summed E-state index contributed by atoms with van der Waals surface area (Å²) in [5.41, 5.74) is 0.297. The Morgan fingerprint density at radius 3 is 2.78 bits per heavy atom. The number of nitrogens with one attached hydrogen (secondary N) is 1. The number of piperidine rings is 1. The molecular formula is C20H27N5OS. The summed E-state index contributed by atoms with van der Waals surface area (Å²) in [6.07, 6.45) is 6.68. The summed E-state index contributed by atoms with van der Waals surface area (Å²) < 4.78 is 2.11. The number of aromatic nitrogens is 3. The number of carbonyl (C=O) groups excluding carboxylic acids is 1. The first kappa shape index (κ1) is 17.4. The molecule has 1 aliphatic carbocycles. The molecule has 2 fully saturated rings. The first-order valence-corrected chi connectivity index (χ1v) is 10.9. The maximum atomic E-state index is 12.5. The Hall–Kier alpha value is -1.73. The Balaban J connectivity index is 1.25. The highest BCUT2D eigenvalue weighted by Crippen LogP contribution is 2.41. The van der Waals surface area contributed by atoms with Crippen LogP contribution in [0.4, 0.5) is 0 Å². The summed E-state index contributed by atoms with van der Waals surface area (Å²) in [6.45, 7) is 6.42. The van der Waals surface area contributed by atoms with Crippen molar-refractivity contribution >= 4 is 17.2 Å². The minimum atomic E-state index is -0.0428. The molecule has 1 saturated carbocycles. The first-order chi connectivity index (χ1) is 13.1. The van der Waals surface area contributed by atoms with E-state index in [1.54, 1.807) is 0 Å². The lowest BCUT2D eigenvalue weighted by Crippen LogP contribution is -2.44. The van der Waals surface area contributed by atoms with Crippen LogP contribution in [0.1, 0.15) is 58.3 Å². The number of rotatable bonds is 4. The SMILES string of the molecule is Cc1ccc(CN2CCC3(CCc4nnc(C(=O)NC5CC5)n4C3)CC2)s1. The molecule has 1 saturated heterocycles. The van der Waals surface area contributed by atoms with Gasteiger partial charge >= 0.3 is 0 Å². The third-order valence-corrected chi connectivity index (χ3v) is 7.39. The Morgan fingerprint density at radius 1 is 1.26 bits per heavy atom. The van der Waals surface area contributed by atoms with Gasteiger partial charge in [0.25, 0.3) is 5.91 Å². The van der Waals surface area contributed by atoms with E-state index in [0.717, 1.165) is 51.3 Å². The monoisotopic (exact) mass is 385 g/mol. The van der Waals surface area contributed by atoms with Crippen LogP contribution in [0.25, 0.3) is 0 Å². The van der Waals surface area contributed by atoms with Crippen molar-refractivity contribution in [3.63, 3.8) is 0 Å². The van der Waals surface area contributed by atoms with E-state index >= 15 is 0 Å². The van der Waals surface area contributed by atoms with Gasteiger partial charge in [0.15, 0.2) is 0 Å². The van der Waals surface area contributed by atoms with Crippen LogP contribution < -0.4 is 5.32 Å². The molecule has 0 radical (unpaired) electrons. The van der Waals surface area contributed by atoms with Crippen LogP contribution in [0.15, 0.2) is 12.1 Å². The van der Waals surface area contributed by atoms with Gasteiger partial charge in [-0.25, -0.2) is 0 Å². The maximum Gasteiger partial charge on any atom is 0.289 e. The average molecular weight is 386 g/mol. The summed E-state index contributed by atoms with van der Waals surface area (Å²) >= 11 is 1.91. The number of nitrogens with zero attached hydrogens (tertiary/aromatic N) is 4. The molecule has 2 aromatic rings. The van der Waals surface area contributed by atoms with Crippen LogP contribution in [-0.4, -0.2) is 44.7 Å². The van der Waals surface area contributed by atoms with Crippen molar-refractivity contribution < 1.29 is 4.79 Å². The Morgan fingerprint density at radius 2 is 2.07 bits per heavy atom. The summed E-state index contributed by atoms with van der Waals surface area (Å²) in [4.78, 5) is 18.0. The Labute approximate surface area is 164 Å². The largest absolute Gasteiger partial charge is 0.347 e. The smallest absolute Gasteiger partial charge is 0.289 e. The van der Waals surface area contributed by atoms with Crippen LogP contribution in [-0.2, 0) is 19.5 Å². The summed E-state index contributed by atoms with van der Waals surface area (Å²) in [5, 5.41) is 11.6. The highest BCUT2D eigenvalue weighted by Gasteiger charge is 2.40. The Bertz CT molecular complexity index is 844. The van der Waals surface area contributed by atoms with Crippen molar-refractivity contribution in [2.75, 3.05) is 13.1 Å². The van der Waals surface area contributed by atoms with Gasteiger partial charge in [0.1, 0.15) is 5.82 Å². The van der Waals surface area contributed by atoms with E-state index in [1.165, 1.54) is 29.0 Å². The molecule has 0 atom stereocenters. The van der Waals surface area contributed by atoms with Crippen LogP contribution in [0.2, 0.25) is 0 Å². The standard InChI is InChI=1S/C20H27N5OS/c1-14-2-5-16(27-14)12-24-10-8-20(9-11-24)7-6-17-22-23-18(25(17)13-20)19(26)21-15-3-4-15/h2,5,15H,3-4,6-13H2,1H3,(H,21,26). The maximum absolute atomic E-state index is 12.5. The molecule has 2 aliphatic heterocycles. The van der Waals surface area contributed by atoms with E-state index < -0.39 is 0 Å². The molecule has 6 nitrogen and oxygen atoms in total. The molecule has 3 aliphatic rings. The average Bonchev–Trinajstić information content (AvgIpc) is 3.22. The molecule has 1 N–H and O–H groups in total. The molecular weight excluding hydrogens is 358 g/mol. The van der Waals surface area contributed by atoms with E-state index in [0.29, 0.717) is 17.3 Å². The number of carbonyl (C=O) groups is 1. The lowest BCUT2D eigenvalue weighted by atomic mass is 9.73. The zero-order valence-corrected chi connectivity index (χ0v) is 16.7.